The smallest absolute Gasteiger partial charge is 0.246 e. The summed E-state index contributed by atoms with van der Waals surface area (Å²) in [6, 6.07) is 11.0. The SMILES string of the molecule is COc1ccc(C)cc1S(=O)(=O)N1CCC(C(=O)Nc2c(C)cccc2C)CC1. The Hall–Kier alpha value is -2.38. The topological polar surface area (TPSA) is 75.7 Å². The van der Waals surface area contributed by atoms with Crippen LogP contribution in [0.15, 0.2) is 41.3 Å². The molecule has 6 nitrogen and oxygen atoms in total. The van der Waals surface area contributed by atoms with Crippen molar-refractivity contribution in [3.8, 4) is 5.75 Å². The van der Waals surface area contributed by atoms with Gasteiger partial charge in [0.05, 0.1) is 7.11 Å². The molecule has 0 spiro atoms. The van der Waals surface area contributed by atoms with E-state index >= 15 is 0 Å². The zero-order valence-electron chi connectivity index (χ0n) is 17.4. The van der Waals surface area contributed by atoms with Gasteiger partial charge in [-0.3, -0.25) is 4.79 Å². The van der Waals surface area contributed by atoms with Crippen molar-refractivity contribution in [1.82, 2.24) is 4.31 Å². The number of hydrogen-bond acceptors (Lipinski definition) is 4. The number of ether oxygens (including phenoxy) is 1. The number of aryl methyl sites for hydroxylation is 3. The Balaban J connectivity index is 1.70. The van der Waals surface area contributed by atoms with Crippen LogP contribution in [0.2, 0.25) is 0 Å². The van der Waals surface area contributed by atoms with E-state index in [1.54, 1.807) is 12.1 Å². The number of carbonyl (C=O) groups is 1. The second kappa shape index (κ2) is 8.55. The van der Waals surface area contributed by atoms with Crippen molar-refractivity contribution in [2.24, 2.45) is 5.92 Å². The summed E-state index contributed by atoms with van der Waals surface area (Å²) in [5, 5.41) is 3.03. The molecule has 0 aromatic heterocycles. The van der Waals surface area contributed by atoms with E-state index in [4.69, 9.17) is 4.74 Å². The van der Waals surface area contributed by atoms with Crippen molar-refractivity contribution < 1.29 is 17.9 Å². The van der Waals surface area contributed by atoms with Gasteiger partial charge in [0.1, 0.15) is 10.6 Å². The Bertz CT molecular complexity index is 989. The highest BCUT2D eigenvalue weighted by molar-refractivity contribution is 7.89. The van der Waals surface area contributed by atoms with Gasteiger partial charge in [-0.2, -0.15) is 4.31 Å². The lowest BCUT2D eigenvalue weighted by atomic mass is 9.96. The zero-order valence-corrected chi connectivity index (χ0v) is 18.2. The summed E-state index contributed by atoms with van der Waals surface area (Å²) < 4.78 is 32.9. The van der Waals surface area contributed by atoms with Crippen LogP contribution >= 0.6 is 0 Å². The number of nitrogens with one attached hydrogen (secondary N) is 1. The molecular formula is C22H28N2O4S. The molecule has 29 heavy (non-hydrogen) atoms. The van der Waals surface area contributed by atoms with Gasteiger partial charge in [-0.15, -0.1) is 0 Å². The summed E-state index contributed by atoms with van der Waals surface area (Å²) in [7, 11) is -2.21. The Kier molecular flexibility index (Phi) is 6.29. The van der Waals surface area contributed by atoms with Crippen LogP contribution in [0, 0.1) is 26.7 Å². The highest BCUT2D eigenvalue weighted by Gasteiger charge is 2.34. The summed E-state index contributed by atoms with van der Waals surface area (Å²) in [6.07, 6.45) is 0.980. The van der Waals surface area contributed by atoms with Crippen LogP contribution in [0.5, 0.6) is 5.75 Å². The molecule has 1 saturated heterocycles. The molecule has 3 rings (SSSR count). The van der Waals surface area contributed by atoms with Gasteiger partial charge in [-0.25, -0.2) is 8.42 Å². The lowest BCUT2D eigenvalue weighted by Crippen LogP contribution is -2.41. The van der Waals surface area contributed by atoms with Crippen molar-refractivity contribution in [3.05, 3.63) is 53.1 Å². The molecule has 1 heterocycles. The van der Waals surface area contributed by atoms with Crippen LogP contribution in [-0.2, 0) is 14.8 Å². The monoisotopic (exact) mass is 416 g/mol. The second-order valence-corrected chi connectivity index (χ2v) is 9.50. The van der Waals surface area contributed by atoms with E-state index in [-0.39, 0.29) is 16.7 Å². The summed E-state index contributed by atoms with van der Waals surface area (Å²) in [5.74, 6) is 0.0814. The molecule has 0 unspecified atom stereocenters. The fourth-order valence-corrected chi connectivity index (χ4v) is 5.43. The highest BCUT2D eigenvalue weighted by atomic mass is 32.2. The maximum atomic E-state index is 13.1. The molecular weight excluding hydrogens is 388 g/mol. The second-order valence-electron chi connectivity index (χ2n) is 7.59. The molecule has 0 aliphatic carbocycles. The molecule has 1 N–H and O–H groups in total. The van der Waals surface area contributed by atoms with Crippen molar-refractivity contribution in [1.29, 1.82) is 0 Å². The number of methoxy groups -OCH3 is 1. The molecule has 0 atom stereocenters. The van der Waals surface area contributed by atoms with Gasteiger partial charge >= 0.3 is 0 Å². The number of anilines is 1. The lowest BCUT2D eigenvalue weighted by molar-refractivity contribution is -0.120. The largest absolute Gasteiger partial charge is 0.495 e. The van der Waals surface area contributed by atoms with E-state index in [1.165, 1.54) is 11.4 Å². The Morgan fingerprint density at radius 3 is 2.28 bits per heavy atom. The van der Waals surface area contributed by atoms with E-state index < -0.39 is 10.0 Å². The summed E-state index contributed by atoms with van der Waals surface area (Å²) in [6.45, 7) is 6.40. The first-order valence-electron chi connectivity index (χ1n) is 9.76. The molecule has 156 valence electrons. The summed E-state index contributed by atoms with van der Waals surface area (Å²) in [5.41, 5.74) is 3.74. The average Bonchev–Trinajstić information content (AvgIpc) is 2.70. The number of hydrogen-bond donors (Lipinski definition) is 1. The van der Waals surface area contributed by atoms with Gasteiger partial charge in [0.2, 0.25) is 15.9 Å². The number of amides is 1. The minimum atomic E-state index is -3.67. The maximum absolute atomic E-state index is 13.1. The van der Waals surface area contributed by atoms with E-state index in [2.05, 4.69) is 5.32 Å². The van der Waals surface area contributed by atoms with E-state index in [0.29, 0.717) is 31.7 Å². The van der Waals surface area contributed by atoms with Crippen LogP contribution in [0.1, 0.15) is 29.5 Å². The first kappa shape index (κ1) is 21.3. The van der Waals surface area contributed by atoms with Crippen molar-refractivity contribution in [2.45, 2.75) is 38.5 Å². The fraction of sp³-hybridized carbons (Fsp3) is 0.409. The number of rotatable bonds is 5. The van der Waals surface area contributed by atoms with Crippen LogP contribution in [0.4, 0.5) is 5.69 Å². The molecule has 0 saturated carbocycles. The molecule has 2 aromatic rings. The van der Waals surface area contributed by atoms with Crippen LogP contribution < -0.4 is 10.1 Å². The fourth-order valence-electron chi connectivity index (χ4n) is 3.72. The molecule has 0 bridgehead atoms. The third-order valence-corrected chi connectivity index (χ3v) is 7.41. The summed E-state index contributed by atoms with van der Waals surface area (Å²) in [4.78, 5) is 12.9. The minimum absolute atomic E-state index is 0.0485. The molecule has 1 amide bonds. The number of nitrogens with zero attached hydrogens (tertiary/aromatic N) is 1. The lowest BCUT2D eigenvalue weighted by Gasteiger charge is -2.31. The van der Waals surface area contributed by atoms with Gasteiger partial charge in [0.15, 0.2) is 0 Å². The van der Waals surface area contributed by atoms with E-state index in [0.717, 1.165) is 22.4 Å². The predicted molar refractivity (Wildman–Crippen MR) is 114 cm³/mol. The van der Waals surface area contributed by atoms with E-state index in [9.17, 15) is 13.2 Å². The Labute approximate surface area is 172 Å². The molecule has 7 heteroatoms. The Morgan fingerprint density at radius 1 is 1.07 bits per heavy atom. The number of benzene rings is 2. The molecule has 1 fully saturated rings. The molecule has 1 aliphatic rings. The van der Waals surface area contributed by atoms with Gasteiger partial charge in [-0.1, -0.05) is 24.3 Å². The van der Waals surface area contributed by atoms with Crippen molar-refractivity contribution in [2.75, 3.05) is 25.5 Å². The third-order valence-electron chi connectivity index (χ3n) is 5.49. The normalized spacial score (nSPS) is 15.9. The maximum Gasteiger partial charge on any atom is 0.246 e. The zero-order chi connectivity index (χ0) is 21.2. The van der Waals surface area contributed by atoms with Crippen LogP contribution in [0.25, 0.3) is 0 Å². The van der Waals surface area contributed by atoms with Crippen LogP contribution in [0.3, 0.4) is 0 Å². The highest BCUT2D eigenvalue weighted by Crippen LogP contribution is 2.31. The number of carbonyl (C=O) groups excluding carboxylic acids is 1. The molecule has 1 aliphatic heterocycles. The van der Waals surface area contributed by atoms with Gasteiger partial charge in [0.25, 0.3) is 0 Å². The first-order chi connectivity index (χ1) is 13.7. The number of sulfonamides is 1. The van der Waals surface area contributed by atoms with Gasteiger partial charge < -0.3 is 10.1 Å². The quantitative estimate of drug-likeness (QED) is 0.807. The minimum Gasteiger partial charge on any atom is -0.495 e. The standard InChI is InChI=1S/C22H28N2O4S/c1-15-8-9-19(28-4)20(14-15)29(26,27)24-12-10-18(11-13-24)22(25)23-21-16(2)6-5-7-17(21)3/h5-9,14,18H,10-13H2,1-4H3,(H,23,25). The molecule has 0 radical (unpaired) electrons. The third kappa shape index (κ3) is 4.46. The Morgan fingerprint density at radius 2 is 1.69 bits per heavy atom. The van der Waals surface area contributed by atoms with Crippen LogP contribution in [-0.4, -0.2) is 38.8 Å². The molecule has 2 aromatic carbocycles. The predicted octanol–water partition coefficient (Wildman–Crippen LogP) is 3.66. The average molecular weight is 417 g/mol. The van der Waals surface area contributed by atoms with Gasteiger partial charge in [-0.05, 0) is 62.4 Å². The first-order valence-corrected chi connectivity index (χ1v) is 11.2. The number of para-hydroxylation sites is 1. The van der Waals surface area contributed by atoms with E-state index in [1.807, 2.05) is 45.0 Å². The van der Waals surface area contributed by atoms with Crippen molar-refractivity contribution in [3.63, 3.8) is 0 Å². The number of piperidine rings is 1. The van der Waals surface area contributed by atoms with Crippen molar-refractivity contribution >= 4 is 21.6 Å². The summed E-state index contributed by atoms with van der Waals surface area (Å²) >= 11 is 0. The van der Waals surface area contributed by atoms with Gasteiger partial charge in [0, 0.05) is 24.7 Å².